The van der Waals surface area contributed by atoms with Crippen LogP contribution in [0, 0.1) is 0 Å². The molecule has 0 fully saturated rings. The smallest absolute Gasteiger partial charge is 0.292 e. The lowest BCUT2D eigenvalue weighted by atomic mass is 10.2. The Hall–Kier alpha value is -2.22. The van der Waals surface area contributed by atoms with Crippen LogP contribution in [0.15, 0.2) is 30.6 Å². The Morgan fingerprint density at radius 3 is 2.56 bits per heavy atom. The number of nitrogens with zero attached hydrogens (tertiary/aromatic N) is 3. The number of anilines is 1. The van der Waals surface area contributed by atoms with Crippen molar-refractivity contribution < 1.29 is 13.2 Å². The molecule has 2 heterocycles. The van der Waals surface area contributed by atoms with Gasteiger partial charge in [-0.1, -0.05) is 0 Å². The van der Waals surface area contributed by atoms with Gasteiger partial charge in [-0.05, 0) is 18.2 Å². The molecule has 0 atom stereocenters. The van der Waals surface area contributed by atoms with Gasteiger partial charge in [0.05, 0.1) is 5.69 Å². The van der Waals surface area contributed by atoms with Gasteiger partial charge in [0.2, 0.25) is 5.95 Å². The predicted octanol–water partition coefficient (Wildman–Crippen LogP) is 1.84. The molecule has 0 radical (unpaired) electrons. The van der Waals surface area contributed by atoms with Crippen LogP contribution < -0.4 is 11.3 Å². The quantitative estimate of drug-likeness (QED) is 0.632. The van der Waals surface area contributed by atoms with Crippen molar-refractivity contribution in [2.24, 2.45) is 5.84 Å². The number of alkyl halides is 3. The Kier molecular flexibility index (Phi) is 3.11. The first-order valence-corrected chi connectivity index (χ1v) is 4.84. The predicted molar refractivity (Wildman–Crippen MR) is 58.1 cm³/mol. The molecule has 0 unspecified atom stereocenters. The molecule has 0 aliphatic rings. The van der Waals surface area contributed by atoms with Crippen molar-refractivity contribution in [2.45, 2.75) is 6.18 Å². The topological polar surface area (TPSA) is 76.7 Å². The second-order valence-corrected chi connectivity index (χ2v) is 3.35. The van der Waals surface area contributed by atoms with E-state index in [0.29, 0.717) is 5.56 Å². The summed E-state index contributed by atoms with van der Waals surface area (Å²) in [5.41, 5.74) is 1.48. The van der Waals surface area contributed by atoms with Gasteiger partial charge in [0, 0.05) is 18.0 Å². The molecule has 18 heavy (non-hydrogen) atoms. The average molecular weight is 255 g/mol. The summed E-state index contributed by atoms with van der Waals surface area (Å²) in [6.45, 7) is 0. The number of aromatic nitrogens is 3. The molecule has 0 saturated heterocycles. The molecule has 94 valence electrons. The van der Waals surface area contributed by atoms with Crippen LogP contribution in [0.3, 0.4) is 0 Å². The van der Waals surface area contributed by atoms with Crippen molar-refractivity contribution in [3.63, 3.8) is 0 Å². The molecule has 5 nitrogen and oxygen atoms in total. The Morgan fingerprint density at radius 2 is 2.00 bits per heavy atom. The fourth-order valence-electron chi connectivity index (χ4n) is 1.32. The molecule has 0 aliphatic carbocycles. The van der Waals surface area contributed by atoms with E-state index in [4.69, 9.17) is 5.84 Å². The molecular formula is C10H8F3N5. The lowest BCUT2D eigenvalue weighted by Gasteiger charge is -2.09. The summed E-state index contributed by atoms with van der Waals surface area (Å²) in [5.74, 6) is 4.75. The first-order valence-electron chi connectivity index (χ1n) is 4.84. The minimum atomic E-state index is -4.56. The van der Waals surface area contributed by atoms with Gasteiger partial charge < -0.3 is 0 Å². The van der Waals surface area contributed by atoms with E-state index < -0.39 is 11.9 Å². The summed E-state index contributed by atoms with van der Waals surface area (Å²) < 4.78 is 37.9. The Bertz CT molecular complexity index is 541. The van der Waals surface area contributed by atoms with Crippen LogP contribution in [0.25, 0.3) is 11.3 Å². The average Bonchev–Trinajstić information content (AvgIpc) is 2.38. The number of nitrogens with two attached hydrogens (primary N) is 1. The fourth-order valence-corrected chi connectivity index (χ4v) is 1.32. The van der Waals surface area contributed by atoms with Gasteiger partial charge in [0.15, 0.2) is 5.69 Å². The lowest BCUT2D eigenvalue weighted by Crippen LogP contribution is -2.15. The highest BCUT2D eigenvalue weighted by Gasteiger charge is 2.33. The maximum Gasteiger partial charge on any atom is 0.433 e. The second-order valence-electron chi connectivity index (χ2n) is 3.35. The third kappa shape index (κ3) is 2.54. The van der Waals surface area contributed by atoms with Gasteiger partial charge in [-0.25, -0.2) is 15.8 Å². The minimum absolute atomic E-state index is 0.0957. The van der Waals surface area contributed by atoms with E-state index in [0.717, 1.165) is 6.07 Å². The van der Waals surface area contributed by atoms with Crippen LogP contribution in [0.5, 0.6) is 0 Å². The summed E-state index contributed by atoms with van der Waals surface area (Å²) in [7, 11) is 0. The summed E-state index contributed by atoms with van der Waals surface area (Å²) in [4.78, 5) is 10.9. The van der Waals surface area contributed by atoms with E-state index in [1.54, 1.807) is 12.1 Å². The lowest BCUT2D eigenvalue weighted by molar-refractivity contribution is -0.141. The van der Waals surface area contributed by atoms with E-state index in [1.165, 1.54) is 12.4 Å². The number of pyridine rings is 1. The van der Waals surface area contributed by atoms with Crippen LogP contribution in [-0.2, 0) is 6.18 Å². The van der Waals surface area contributed by atoms with Crippen molar-refractivity contribution in [3.8, 4) is 11.3 Å². The SMILES string of the molecule is NNc1nc(-c2cccnc2)cc(C(F)(F)F)n1. The zero-order valence-electron chi connectivity index (χ0n) is 8.94. The highest BCUT2D eigenvalue weighted by Crippen LogP contribution is 2.30. The highest BCUT2D eigenvalue weighted by atomic mass is 19.4. The van der Waals surface area contributed by atoms with Crippen molar-refractivity contribution in [2.75, 3.05) is 5.43 Å². The second kappa shape index (κ2) is 4.57. The van der Waals surface area contributed by atoms with Crippen LogP contribution >= 0.6 is 0 Å². The molecule has 0 amide bonds. The monoisotopic (exact) mass is 255 g/mol. The summed E-state index contributed by atoms with van der Waals surface area (Å²) in [6.07, 6.45) is -1.65. The van der Waals surface area contributed by atoms with Gasteiger partial charge in [-0.3, -0.25) is 10.4 Å². The third-order valence-electron chi connectivity index (χ3n) is 2.10. The van der Waals surface area contributed by atoms with Crippen LogP contribution in [0.4, 0.5) is 19.1 Å². The fraction of sp³-hybridized carbons (Fsp3) is 0.100. The largest absolute Gasteiger partial charge is 0.433 e. The summed E-state index contributed by atoms with van der Waals surface area (Å²) >= 11 is 0. The number of halogens is 3. The number of nitrogens with one attached hydrogen (secondary N) is 1. The number of hydrazine groups is 1. The minimum Gasteiger partial charge on any atom is -0.292 e. The molecule has 0 bridgehead atoms. The van der Waals surface area contributed by atoms with Crippen LogP contribution in [-0.4, -0.2) is 15.0 Å². The van der Waals surface area contributed by atoms with Crippen LogP contribution in [0.1, 0.15) is 5.69 Å². The third-order valence-corrected chi connectivity index (χ3v) is 2.10. The molecule has 3 N–H and O–H groups in total. The number of hydrogen-bond acceptors (Lipinski definition) is 5. The summed E-state index contributed by atoms with van der Waals surface area (Å²) in [5, 5.41) is 0. The van der Waals surface area contributed by atoms with Crippen LogP contribution in [0.2, 0.25) is 0 Å². The van der Waals surface area contributed by atoms with Gasteiger partial charge in [-0.2, -0.15) is 13.2 Å². The van der Waals surface area contributed by atoms with Crippen molar-refractivity contribution in [3.05, 3.63) is 36.3 Å². The van der Waals surface area contributed by atoms with Crippen molar-refractivity contribution in [1.29, 1.82) is 0 Å². The molecule has 0 saturated carbocycles. The van der Waals surface area contributed by atoms with E-state index in [2.05, 4.69) is 15.0 Å². The number of nitrogen functional groups attached to an aromatic ring is 1. The molecular weight excluding hydrogens is 247 g/mol. The maximum atomic E-state index is 12.6. The van der Waals surface area contributed by atoms with Gasteiger partial charge >= 0.3 is 6.18 Å². The molecule has 0 aliphatic heterocycles. The zero-order valence-corrected chi connectivity index (χ0v) is 8.94. The zero-order chi connectivity index (χ0) is 13.2. The van der Waals surface area contributed by atoms with Gasteiger partial charge in [0.25, 0.3) is 0 Å². The van der Waals surface area contributed by atoms with E-state index in [9.17, 15) is 13.2 Å². The van der Waals surface area contributed by atoms with E-state index >= 15 is 0 Å². The first kappa shape index (κ1) is 12.2. The normalized spacial score (nSPS) is 11.3. The van der Waals surface area contributed by atoms with E-state index in [-0.39, 0.29) is 11.6 Å². The van der Waals surface area contributed by atoms with Gasteiger partial charge in [0.1, 0.15) is 0 Å². The van der Waals surface area contributed by atoms with E-state index in [1.807, 2.05) is 5.43 Å². The standard InChI is InChI=1S/C10H8F3N5/c11-10(12,13)8-4-7(16-9(17-8)18-14)6-2-1-3-15-5-6/h1-5H,14H2,(H,16,17,18). The number of hydrogen-bond donors (Lipinski definition) is 2. The molecule has 2 rings (SSSR count). The highest BCUT2D eigenvalue weighted by molar-refractivity contribution is 5.59. The van der Waals surface area contributed by atoms with Crippen molar-refractivity contribution in [1.82, 2.24) is 15.0 Å². The molecule has 2 aromatic heterocycles. The van der Waals surface area contributed by atoms with Crippen molar-refractivity contribution >= 4 is 5.95 Å². The first-order chi connectivity index (χ1) is 8.50. The van der Waals surface area contributed by atoms with Gasteiger partial charge in [-0.15, -0.1) is 0 Å². The Morgan fingerprint density at radius 1 is 1.22 bits per heavy atom. The Balaban J connectivity index is 2.55. The maximum absolute atomic E-state index is 12.6. The molecule has 0 aromatic carbocycles. The Labute approximate surface area is 99.9 Å². The molecule has 8 heteroatoms. The molecule has 0 spiro atoms. The molecule has 2 aromatic rings. The number of rotatable bonds is 2. The summed E-state index contributed by atoms with van der Waals surface area (Å²) in [6, 6.07) is 4.04.